The van der Waals surface area contributed by atoms with Crippen LogP contribution in [0.15, 0.2) is 35.1 Å². The Labute approximate surface area is 133 Å². The van der Waals surface area contributed by atoms with Crippen LogP contribution in [0, 0.1) is 6.92 Å². The van der Waals surface area contributed by atoms with Gasteiger partial charge in [-0.25, -0.2) is 0 Å². The Kier molecular flexibility index (Phi) is 4.36. The third-order valence-electron chi connectivity index (χ3n) is 3.72. The first-order chi connectivity index (χ1) is 11.1. The quantitative estimate of drug-likeness (QED) is 0.826. The second kappa shape index (κ2) is 6.60. The molecule has 1 aliphatic rings. The van der Waals surface area contributed by atoms with Crippen molar-refractivity contribution in [1.82, 2.24) is 20.5 Å². The third kappa shape index (κ3) is 3.94. The van der Waals surface area contributed by atoms with Crippen LogP contribution in [-0.2, 0) is 0 Å². The lowest BCUT2D eigenvalue weighted by Gasteiger charge is -2.23. The third-order valence-corrected chi connectivity index (χ3v) is 3.72. The second-order valence-electron chi connectivity index (χ2n) is 5.64. The van der Waals surface area contributed by atoms with E-state index in [2.05, 4.69) is 25.4 Å². The normalized spacial score (nSPS) is 13.6. The zero-order valence-electron chi connectivity index (χ0n) is 13.0. The fraction of sp³-hybridized carbons (Fsp3) is 0.375. The van der Waals surface area contributed by atoms with Gasteiger partial charge in [-0.1, -0.05) is 6.07 Å². The summed E-state index contributed by atoms with van der Waals surface area (Å²) in [5, 5.41) is 11.1. The van der Waals surface area contributed by atoms with E-state index in [1.54, 1.807) is 12.1 Å². The van der Waals surface area contributed by atoms with Crippen LogP contribution in [0.4, 0.5) is 5.82 Å². The van der Waals surface area contributed by atoms with Crippen molar-refractivity contribution in [2.24, 2.45) is 0 Å². The first-order valence-corrected chi connectivity index (χ1v) is 7.68. The van der Waals surface area contributed by atoms with Crippen LogP contribution in [0.1, 0.15) is 29.0 Å². The van der Waals surface area contributed by atoms with Crippen LogP contribution in [-0.4, -0.2) is 40.2 Å². The molecule has 0 saturated heterocycles. The molecule has 1 saturated carbocycles. The van der Waals surface area contributed by atoms with E-state index >= 15 is 0 Å². The second-order valence-corrected chi connectivity index (χ2v) is 5.64. The SMILES string of the molecule is Cc1ccc(N(CCNC(=O)c2cccc(=O)[nH]2)C2CC2)nn1. The van der Waals surface area contributed by atoms with Gasteiger partial charge in [0, 0.05) is 25.2 Å². The summed E-state index contributed by atoms with van der Waals surface area (Å²) in [6.45, 7) is 3.03. The van der Waals surface area contributed by atoms with Crippen LogP contribution in [0.2, 0.25) is 0 Å². The molecule has 120 valence electrons. The number of aryl methyl sites for hydroxylation is 1. The maximum Gasteiger partial charge on any atom is 0.267 e. The van der Waals surface area contributed by atoms with Crippen LogP contribution in [0.3, 0.4) is 0 Å². The molecule has 0 aliphatic heterocycles. The summed E-state index contributed by atoms with van der Waals surface area (Å²) < 4.78 is 0. The summed E-state index contributed by atoms with van der Waals surface area (Å²) in [7, 11) is 0. The maximum atomic E-state index is 12.0. The van der Waals surface area contributed by atoms with Crippen LogP contribution < -0.4 is 15.8 Å². The molecule has 2 heterocycles. The minimum atomic E-state index is -0.285. The van der Waals surface area contributed by atoms with E-state index in [4.69, 9.17) is 0 Å². The molecule has 1 aliphatic carbocycles. The highest BCUT2D eigenvalue weighted by Crippen LogP contribution is 2.29. The molecule has 7 heteroatoms. The molecular weight excluding hydrogens is 294 g/mol. The molecule has 0 aromatic carbocycles. The smallest absolute Gasteiger partial charge is 0.267 e. The molecule has 0 unspecified atom stereocenters. The summed E-state index contributed by atoms with van der Waals surface area (Å²) in [5.41, 5.74) is 0.864. The highest BCUT2D eigenvalue weighted by Gasteiger charge is 2.30. The van der Waals surface area contributed by atoms with Crippen LogP contribution in [0.5, 0.6) is 0 Å². The number of hydrogen-bond donors (Lipinski definition) is 2. The Morgan fingerprint density at radius 3 is 2.78 bits per heavy atom. The molecule has 23 heavy (non-hydrogen) atoms. The molecule has 0 bridgehead atoms. The van der Waals surface area contributed by atoms with Gasteiger partial charge in [0.25, 0.3) is 5.91 Å². The molecule has 2 aromatic heterocycles. The molecular formula is C16H19N5O2. The Morgan fingerprint density at radius 2 is 2.13 bits per heavy atom. The fourth-order valence-electron chi connectivity index (χ4n) is 2.38. The number of amides is 1. The first-order valence-electron chi connectivity index (χ1n) is 7.68. The van der Waals surface area contributed by atoms with E-state index in [1.165, 1.54) is 6.07 Å². The van der Waals surface area contributed by atoms with Gasteiger partial charge in [0.15, 0.2) is 5.82 Å². The summed E-state index contributed by atoms with van der Waals surface area (Å²) in [5.74, 6) is 0.550. The topological polar surface area (TPSA) is 91.0 Å². The zero-order chi connectivity index (χ0) is 16.2. The van der Waals surface area contributed by atoms with Gasteiger partial charge >= 0.3 is 0 Å². The number of aromatic nitrogens is 3. The number of nitrogens with one attached hydrogen (secondary N) is 2. The first kappa shape index (κ1) is 15.2. The van der Waals surface area contributed by atoms with E-state index in [9.17, 15) is 9.59 Å². The van der Waals surface area contributed by atoms with Gasteiger partial charge in [-0.2, -0.15) is 5.10 Å². The van der Waals surface area contributed by atoms with E-state index < -0.39 is 0 Å². The summed E-state index contributed by atoms with van der Waals surface area (Å²) in [6, 6.07) is 8.89. The molecule has 2 aromatic rings. The van der Waals surface area contributed by atoms with Crippen molar-refractivity contribution in [3.8, 4) is 0 Å². The van der Waals surface area contributed by atoms with Gasteiger partial charge in [-0.05, 0) is 38.0 Å². The largest absolute Gasteiger partial charge is 0.350 e. The fourth-order valence-corrected chi connectivity index (χ4v) is 2.38. The molecule has 2 N–H and O–H groups in total. The Balaban J connectivity index is 1.58. The van der Waals surface area contributed by atoms with E-state index in [-0.39, 0.29) is 17.2 Å². The number of H-pyrrole nitrogens is 1. The van der Waals surface area contributed by atoms with Crippen molar-refractivity contribution in [3.05, 3.63) is 52.1 Å². The van der Waals surface area contributed by atoms with Crippen molar-refractivity contribution < 1.29 is 4.79 Å². The van der Waals surface area contributed by atoms with Crippen LogP contribution >= 0.6 is 0 Å². The van der Waals surface area contributed by atoms with Crippen molar-refractivity contribution in [2.75, 3.05) is 18.0 Å². The number of pyridine rings is 1. The van der Waals surface area contributed by atoms with Gasteiger partial charge in [0.05, 0.1) is 5.69 Å². The predicted octanol–water partition coefficient (Wildman–Crippen LogP) is 0.872. The summed E-state index contributed by atoms with van der Waals surface area (Å²) in [6.07, 6.45) is 2.27. The molecule has 0 atom stereocenters. The van der Waals surface area contributed by atoms with Gasteiger partial charge in [0.2, 0.25) is 5.56 Å². The lowest BCUT2D eigenvalue weighted by molar-refractivity contribution is 0.0949. The van der Waals surface area contributed by atoms with Crippen LogP contribution in [0.25, 0.3) is 0 Å². The Bertz CT molecular complexity index is 737. The molecule has 1 amide bonds. The highest BCUT2D eigenvalue weighted by molar-refractivity contribution is 5.92. The minimum absolute atomic E-state index is 0.269. The van der Waals surface area contributed by atoms with E-state index in [0.717, 1.165) is 24.4 Å². The van der Waals surface area contributed by atoms with Crippen molar-refractivity contribution in [2.45, 2.75) is 25.8 Å². The average molecular weight is 313 g/mol. The van der Waals surface area contributed by atoms with Gasteiger partial charge in [-0.3, -0.25) is 9.59 Å². The monoisotopic (exact) mass is 313 g/mol. The van der Waals surface area contributed by atoms with E-state index in [1.807, 2.05) is 19.1 Å². The number of rotatable bonds is 6. The number of nitrogens with zero attached hydrogens (tertiary/aromatic N) is 3. The lowest BCUT2D eigenvalue weighted by atomic mass is 10.3. The van der Waals surface area contributed by atoms with Gasteiger partial charge < -0.3 is 15.2 Å². The number of anilines is 1. The number of carbonyl (C=O) groups is 1. The summed E-state index contributed by atoms with van der Waals surface area (Å²) in [4.78, 5) is 27.9. The Morgan fingerprint density at radius 1 is 1.30 bits per heavy atom. The standard InChI is InChI=1S/C16H19N5O2/c1-11-5-8-14(20-19-11)21(12-6-7-12)10-9-17-16(23)13-3-2-4-15(22)18-13/h2-5,8,12H,6-7,9-10H2,1H3,(H,17,23)(H,18,22). The molecule has 7 nitrogen and oxygen atoms in total. The van der Waals surface area contributed by atoms with E-state index in [0.29, 0.717) is 19.1 Å². The molecule has 1 fully saturated rings. The zero-order valence-corrected chi connectivity index (χ0v) is 13.0. The molecule has 0 spiro atoms. The van der Waals surface area contributed by atoms with Crippen molar-refractivity contribution in [1.29, 1.82) is 0 Å². The molecule has 3 rings (SSSR count). The van der Waals surface area contributed by atoms with Gasteiger partial charge in [-0.15, -0.1) is 5.10 Å². The maximum absolute atomic E-state index is 12.0. The predicted molar refractivity (Wildman–Crippen MR) is 86.5 cm³/mol. The lowest BCUT2D eigenvalue weighted by Crippen LogP contribution is -2.37. The number of hydrogen-bond acceptors (Lipinski definition) is 5. The minimum Gasteiger partial charge on any atom is -0.350 e. The van der Waals surface area contributed by atoms with Crippen molar-refractivity contribution in [3.63, 3.8) is 0 Å². The molecule has 0 radical (unpaired) electrons. The Hall–Kier alpha value is -2.70. The number of carbonyl (C=O) groups excluding carboxylic acids is 1. The average Bonchev–Trinajstić information content (AvgIpc) is 3.37. The number of aromatic amines is 1. The van der Waals surface area contributed by atoms with Gasteiger partial charge in [0.1, 0.15) is 5.69 Å². The highest BCUT2D eigenvalue weighted by atomic mass is 16.2. The summed E-state index contributed by atoms with van der Waals surface area (Å²) >= 11 is 0. The van der Waals surface area contributed by atoms with Crippen molar-refractivity contribution >= 4 is 11.7 Å².